The van der Waals surface area contributed by atoms with Crippen LogP contribution in [-0.4, -0.2) is 25.5 Å². The van der Waals surface area contributed by atoms with E-state index in [-0.39, 0.29) is 18.4 Å². The van der Waals surface area contributed by atoms with Crippen molar-refractivity contribution >= 4 is 34.5 Å². The summed E-state index contributed by atoms with van der Waals surface area (Å²) in [6.07, 6.45) is 0. The van der Waals surface area contributed by atoms with Crippen molar-refractivity contribution in [1.29, 1.82) is 0 Å². The summed E-state index contributed by atoms with van der Waals surface area (Å²) in [7, 11) is 1.46. The first-order chi connectivity index (χ1) is 10.1. The van der Waals surface area contributed by atoms with Crippen molar-refractivity contribution in [2.45, 2.75) is 6.92 Å². The first-order valence-corrected chi connectivity index (χ1v) is 7.22. The van der Waals surface area contributed by atoms with Gasteiger partial charge in [-0.05, 0) is 48.2 Å². The van der Waals surface area contributed by atoms with E-state index in [1.165, 1.54) is 18.4 Å². The molecule has 0 saturated carbocycles. The average molecular weight is 304 g/mol. The number of hydrogen-bond donors (Lipinski definition) is 2. The zero-order valence-corrected chi connectivity index (χ0v) is 12.6. The molecule has 0 spiro atoms. The zero-order chi connectivity index (χ0) is 15.2. The molecule has 2 amide bonds. The first-order valence-electron chi connectivity index (χ1n) is 6.34. The zero-order valence-electron chi connectivity index (χ0n) is 11.8. The molecule has 0 atom stereocenters. The molecule has 5 nitrogen and oxygen atoms in total. The van der Waals surface area contributed by atoms with E-state index in [9.17, 15) is 9.59 Å². The third-order valence-corrected chi connectivity index (χ3v) is 3.79. The van der Waals surface area contributed by atoms with E-state index in [2.05, 4.69) is 10.6 Å². The molecule has 0 radical (unpaired) electrons. The van der Waals surface area contributed by atoms with Gasteiger partial charge in [0.25, 0.3) is 5.91 Å². The van der Waals surface area contributed by atoms with E-state index in [1.54, 1.807) is 24.3 Å². The quantitative estimate of drug-likeness (QED) is 0.892. The summed E-state index contributed by atoms with van der Waals surface area (Å²) >= 11 is 1.41. The SMILES string of the molecule is COCC(=O)Nc1ccc(NC(=O)c2sccc2C)cc1. The Morgan fingerprint density at radius 2 is 1.71 bits per heavy atom. The molecule has 0 aliphatic carbocycles. The minimum Gasteiger partial charge on any atom is -0.375 e. The molecule has 0 saturated heterocycles. The second-order valence-electron chi connectivity index (χ2n) is 4.45. The lowest BCUT2D eigenvalue weighted by Gasteiger charge is -2.07. The van der Waals surface area contributed by atoms with E-state index in [1.807, 2.05) is 18.4 Å². The van der Waals surface area contributed by atoms with Crippen molar-refractivity contribution in [2.24, 2.45) is 0 Å². The Bertz CT molecular complexity index is 635. The van der Waals surface area contributed by atoms with E-state index in [4.69, 9.17) is 4.74 Å². The summed E-state index contributed by atoms with van der Waals surface area (Å²) in [5, 5.41) is 7.40. The van der Waals surface area contributed by atoms with Crippen LogP contribution in [0, 0.1) is 6.92 Å². The van der Waals surface area contributed by atoms with Gasteiger partial charge in [-0.3, -0.25) is 9.59 Å². The maximum absolute atomic E-state index is 12.1. The number of aryl methyl sites for hydroxylation is 1. The average Bonchev–Trinajstić information content (AvgIpc) is 2.87. The topological polar surface area (TPSA) is 67.4 Å². The fourth-order valence-electron chi connectivity index (χ4n) is 1.76. The van der Waals surface area contributed by atoms with Crippen molar-refractivity contribution in [2.75, 3.05) is 24.4 Å². The Morgan fingerprint density at radius 3 is 2.24 bits per heavy atom. The molecule has 6 heteroatoms. The van der Waals surface area contributed by atoms with E-state index >= 15 is 0 Å². The number of methoxy groups -OCH3 is 1. The van der Waals surface area contributed by atoms with Crippen molar-refractivity contribution < 1.29 is 14.3 Å². The molecule has 2 rings (SSSR count). The monoisotopic (exact) mass is 304 g/mol. The number of benzene rings is 1. The molecule has 0 aliphatic rings. The second kappa shape index (κ2) is 7.01. The van der Waals surface area contributed by atoms with Gasteiger partial charge in [-0.1, -0.05) is 0 Å². The first kappa shape index (κ1) is 15.2. The molecular formula is C15H16N2O3S. The normalized spacial score (nSPS) is 10.2. The van der Waals surface area contributed by atoms with E-state index in [0.717, 1.165) is 5.56 Å². The number of amides is 2. The highest BCUT2D eigenvalue weighted by Gasteiger charge is 2.10. The van der Waals surface area contributed by atoms with Crippen molar-refractivity contribution in [1.82, 2.24) is 0 Å². The maximum atomic E-state index is 12.1. The minimum atomic E-state index is -0.219. The highest BCUT2D eigenvalue weighted by molar-refractivity contribution is 7.12. The van der Waals surface area contributed by atoms with Gasteiger partial charge < -0.3 is 15.4 Å². The molecular weight excluding hydrogens is 288 g/mol. The van der Waals surface area contributed by atoms with Gasteiger partial charge in [-0.2, -0.15) is 0 Å². The lowest BCUT2D eigenvalue weighted by atomic mass is 10.2. The summed E-state index contributed by atoms with van der Waals surface area (Å²) in [6.45, 7) is 1.91. The molecule has 1 aromatic carbocycles. The summed E-state index contributed by atoms with van der Waals surface area (Å²) in [4.78, 5) is 24.1. The van der Waals surface area contributed by atoms with Gasteiger partial charge in [-0.25, -0.2) is 0 Å². The molecule has 0 bridgehead atoms. The molecule has 0 unspecified atom stereocenters. The number of carbonyl (C=O) groups is 2. The van der Waals surface area contributed by atoms with Crippen molar-refractivity contribution in [3.05, 3.63) is 46.2 Å². The summed E-state index contributed by atoms with van der Waals surface area (Å²) in [5.74, 6) is -0.345. The maximum Gasteiger partial charge on any atom is 0.265 e. The Labute approximate surface area is 126 Å². The van der Waals surface area contributed by atoms with Gasteiger partial charge in [0.15, 0.2) is 0 Å². The fourth-order valence-corrected chi connectivity index (χ4v) is 2.58. The van der Waals surface area contributed by atoms with Crippen molar-refractivity contribution in [3.8, 4) is 0 Å². The summed E-state index contributed by atoms with van der Waals surface area (Å²) < 4.78 is 4.74. The van der Waals surface area contributed by atoms with Gasteiger partial charge >= 0.3 is 0 Å². The van der Waals surface area contributed by atoms with Crippen LogP contribution in [0.15, 0.2) is 35.7 Å². The van der Waals surface area contributed by atoms with Crippen LogP contribution in [0.3, 0.4) is 0 Å². The number of anilines is 2. The van der Waals surface area contributed by atoms with Gasteiger partial charge in [0, 0.05) is 18.5 Å². The van der Waals surface area contributed by atoms with Crippen LogP contribution in [0.1, 0.15) is 15.2 Å². The molecule has 2 aromatic rings. The van der Waals surface area contributed by atoms with Crippen LogP contribution in [0.2, 0.25) is 0 Å². The van der Waals surface area contributed by atoms with Crippen LogP contribution in [0.4, 0.5) is 11.4 Å². The van der Waals surface area contributed by atoms with Crippen LogP contribution < -0.4 is 10.6 Å². The summed E-state index contributed by atoms with van der Waals surface area (Å²) in [6, 6.07) is 8.84. The standard InChI is InChI=1S/C15H16N2O3S/c1-10-7-8-21-14(10)15(19)17-12-5-3-11(4-6-12)16-13(18)9-20-2/h3-8H,9H2,1-2H3,(H,16,18)(H,17,19). The third-order valence-electron chi connectivity index (χ3n) is 2.77. The molecule has 21 heavy (non-hydrogen) atoms. The van der Waals surface area contributed by atoms with E-state index in [0.29, 0.717) is 16.3 Å². The molecule has 2 N–H and O–H groups in total. The Morgan fingerprint density at radius 1 is 1.10 bits per heavy atom. The Hall–Kier alpha value is -2.18. The van der Waals surface area contributed by atoms with Gasteiger partial charge in [0.2, 0.25) is 5.91 Å². The van der Waals surface area contributed by atoms with Gasteiger partial charge in [-0.15, -0.1) is 11.3 Å². The Balaban J connectivity index is 1.98. The van der Waals surface area contributed by atoms with Crippen molar-refractivity contribution in [3.63, 3.8) is 0 Å². The minimum absolute atomic E-state index is 0.0101. The predicted octanol–water partition coefficient (Wildman–Crippen LogP) is 2.89. The van der Waals surface area contributed by atoms with Crippen LogP contribution in [0.25, 0.3) is 0 Å². The lowest BCUT2D eigenvalue weighted by Crippen LogP contribution is -2.17. The molecule has 1 heterocycles. The smallest absolute Gasteiger partial charge is 0.265 e. The highest BCUT2D eigenvalue weighted by Crippen LogP contribution is 2.19. The second-order valence-corrected chi connectivity index (χ2v) is 5.36. The number of nitrogens with one attached hydrogen (secondary N) is 2. The molecule has 1 aromatic heterocycles. The summed E-state index contributed by atoms with van der Waals surface area (Å²) in [5.41, 5.74) is 2.29. The number of rotatable bonds is 5. The fraction of sp³-hybridized carbons (Fsp3) is 0.200. The molecule has 0 aliphatic heterocycles. The number of ether oxygens (including phenoxy) is 1. The van der Waals surface area contributed by atoms with Gasteiger partial charge in [0.1, 0.15) is 6.61 Å². The lowest BCUT2D eigenvalue weighted by molar-refractivity contribution is -0.119. The van der Waals surface area contributed by atoms with E-state index < -0.39 is 0 Å². The van der Waals surface area contributed by atoms with Crippen LogP contribution in [0.5, 0.6) is 0 Å². The number of thiophene rings is 1. The van der Waals surface area contributed by atoms with Crippen LogP contribution in [-0.2, 0) is 9.53 Å². The molecule has 0 fully saturated rings. The number of hydrogen-bond acceptors (Lipinski definition) is 4. The largest absolute Gasteiger partial charge is 0.375 e. The van der Waals surface area contributed by atoms with Crippen LogP contribution >= 0.6 is 11.3 Å². The third kappa shape index (κ3) is 4.14. The number of carbonyl (C=O) groups excluding carboxylic acids is 2. The highest BCUT2D eigenvalue weighted by atomic mass is 32.1. The predicted molar refractivity (Wildman–Crippen MR) is 84.0 cm³/mol. The van der Waals surface area contributed by atoms with Gasteiger partial charge in [0.05, 0.1) is 4.88 Å². The Kier molecular flexibility index (Phi) is 5.08. The molecule has 110 valence electrons.